The molecule has 0 aromatic carbocycles. The highest BCUT2D eigenvalue weighted by Gasteiger charge is 2.05. The summed E-state index contributed by atoms with van der Waals surface area (Å²) in [6.45, 7) is 0. The molecule has 2 aromatic heterocycles. The number of aromatic nitrogens is 2. The lowest BCUT2D eigenvalue weighted by atomic mass is 10.3. The maximum Gasteiger partial charge on any atom is 0.140 e. The zero-order valence-corrected chi connectivity index (χ0v) is 9.30. The molecule has 2 nitrogen and oxygen atoms in total. The fourth-order valence-corrected chi connectivity index (χ4v) is 1.87. The SMILES string of the molecule is Cn1ccc2c(I)c(Cl)cnc21. The van der Waals surface area contributed by atoms with Gasteiger partial charge in [-0.25, -0.2) is 4.98 Å². The zero-order valence-electron chi connectivity index (χ0n) is 6.38. The Balaban J connectivity index is 2.93. The molecule has 2 aromatic rings. The van der Waals surface area contributed by atoms with Crippen LogP contribution in [0.1, 0.15) is 0 Å². The van der Waals surface area contributed by atoms with Gasteiger partial charge in [-0.15, -0.1) is 0 Å². The standard InChI is InChI=1S/C8H6ClIN2/c1-12-3-2-5-7(10)6(9)4-11-8(5)12/h2-4H,1H3. The fourth-order valence-electron chi connectivity index (χ4n) is 1.16. The van der Waals surface area contributed by atoms with Crippen LogP contribution in [0.2, 0.25) is 5.02 Å². The normalized spacial score (nSPS) is 10.9. The van der Waals surface area contributed by atoms with Gasteiger partial charge in [-0.05, 0) is 28.7 Å². The van der Waals surface area contributed by atoms with Crippen LogP contribution in [0.25, 0.3) is 11.0 Å². The summed E-state index contributed by atoms with van der Waals surface area (Å²) < 4.78 is 3.05. The number of halogens is 2. The molecule has 0 aliphatic carbocycles. The molecule has 0 bridgehead atoms. The van der Waals surface area contributed by atoms with Gasteiger partial charge in [0.25, 0.3) is 0 Å². The molecule has 0 aliphatic heterocycles. The van der Waals surface area contributed by atoms with Crippen LogP contribution in [0.3, 0.4) is 0 Å². The highest BCUT2D eigenvalue weighted by Crippen LogP contribution is 2.25. The van der Waals surface area contributed by atoms with E-state index < -0.39 is 0 Å². The molecule has 0 saturated heterocycles. The third kappa shape index (κ3) is 1.11. The van der Waals surface area contributed by atoms with Crippen LogP contribution in [-0.2, 0) is 7.05 Å². The van der Waals surface area contributed by atoms with E-state index in [1.54, 1.807) is 6.20 Å². The van der Waals surface area contributed by atoms with Gasteiger partial charge >= 0.3 is 0 Å². The van der Waals surface area contributed by atoms with E-state index in [0.717, 1.165) is 14.6 Å². The smallest absolute Gasteiger partial charge is 0.140 e. The Bertz CT molecular complexity index is 436. The average Bonchev–Trinajstić information content (AvgIpc) is 2.41. The van der Waals surface area contributed by atoms with Crippen LogP contribution in [0.4, 0.5) is 0 Å². The van der Waals surface area contributed by atoms with Crippen LogP contribution >= 0.6 is 34.2 Å². The summed E-state index contributed by atoms with van der Waals surface area (Å²) in [5, 5.41) is 1.83. The van der Waals surface area contributed by atoms with E-state index in [9.17, 15) is 0 Å². The molecule has 4 heteroatoms. The predicted octanol–water partition coefficient (Wildman–Crippen LogP) is 2.83. The Morgan fingerprint density at radius 1 is 1.58 bits per heavy atom. The van der Waals surface area contributed by atoms with Gasteiger partial charge < -0.3 is 4.57 Å². The molecule has 2 rings (SSSR count). The minimum absolute atomic E-state index is 0.717. The quantitative estimate of drug-likeness (QED) is 0.683. The molecule has 0 unspecified atom stereocenters. The van der Waals surface area contributed by atoms with Crippen molar-refractivity contribution in [3.05, 3.63) is 27.1 Å². The monoisotopic (exact) mass is 292 g/mol. The number of nitrogens with zero attached hydrogens (tertiary/aromatic N) is 2. The molecule has 0 atom stereocenters. The summed E-state index contributed by atoms with van der Waals surface area (Å²) in [6.07, 6.45) is 3.67. The third-order valence-corrected chi connectivity index (χ3v) is 3.55. The second-order valence-electron chi connectivity index (χ2n) is 2.58. The van der Waals surface area contributed by atoms with E-state index in [-0.39, 0.29) is 0 Å². The minimum atomic E-state index is 0.717. The number of pyridine rings is 1. The van der Waals surface area contributed by atoms with Gasteiger partial charge in [-0.1, -0.05) is 11.6 Å². The lowest BCUT2D eigenvalue weighted by molar-refractivity contribution is 0.948. The Morgan fingerprint density at radius 3 is 3.08 bits per heavy atom. The van der Waals surface area contributed by atoms with Gasteiger partial charge in [0.15, 0.2) is 0 Å². The topological polar surface area (TPSA) is 17.8 Å². The second-order valence-corrected chi connectivity index (χ2v) is 4.07. The van der Waals surface area contributed by atoms with Crippen LogP contribution in [-0.4, -0.2) is 9.55 Å². The van der Waals surface area contributed by atoms with E-state index in [2.05, 4.69) is 27.6 Å². The molecular formula is C8H6ClIN2. The summed E-state index contributed by atoms with van der Waals surface area (Å²) in [7, 11) is 1.97. The maximum atomic E-state index is 5.92. The molecule has 0 saturated carbocycles. The molecule has 0 spiro atoms. The second kappa shape index (κ2) is 2.88. The van der Waals surface area contributed by atoms with Gasteiger partial charge in [0.1, 0.15) is 5.65 Å². The summed E-state index contributed by atoms with van der Waals surface area (Å²) in [5.74, 6) is 0. The average molecular weight is 293 g/mol. The zero-order chi connectivity index (χ0) is 8.72. The van der Waals surface area contributed by atoms with Gasteiger partial charge in [0.05, 0.1) is 5.02 Å². The van der Waals surface area contributed by atoms with Crippen molar-refractivity contribution in [1.29, 1.82) is 0 Å². The fraction of sp³-hybridized carbons (Fsp3) is 0.125. The summed E-state index contributed by atoms with van der Waals surface area (Å²) in [6, 6.07) is 2.02. The van der Waals surface area contributed by atoms with Crippen LogP contribution in [0.15, 0.2) is 18.5 Å². The van der Waals surface area contributed by atoms with Gasteiger partial charge in [0.2, 0.25) is 0 Å². The van der Waals surface area contributed by atoms with Crippen molar-refractivity contribution in [1.82, 2.24) is 9.55 Å². The van der Waals surface area contributed by atoms with Crippen molar-refractivity contribution >= 4 is 45.2 Å². The van der Waals surface area contributed by atoms with Crippen LogP contribution in [0.5, 0.6) is 0 Å². The first-order valence-corrected chi connectivity index (χ1v) is 4.91. The highest BCUT2D eigenvalue weighted by atomic mass is 127. The van der Waals surface area contributed by atoms with E-state index in [1.807, 2.05) is 23.9 Å². The van der Waals surface area contributed by atoms with Gasteiger partial charge in [0, 0.05) is 28.4 Å². The first kappa shape index (κ1) is 8.31. The molecular weight excluding hydrogens is 286 g/mol. The number of rotatable bonds is 0. The van der Waals surface area contributed by atoms with Gasteiger partial charge in [-0.2, -0.15) is 0 Å². The van der Waals surface area contributed by atoms with E-state index in [4.69, 9.17) is 11.6 Å². The molecule has 2 heterocycles. The molecule has 0 fully saturated rings. The van der Waals surface area contributed by atoms with Gasteiger partial charge in [-0.3, -0.25) is 0 Å². The Kier molecular flexibility index (Phi) is 2.00. The lowest BCUT2D eigenvalue weighted by Gasteiger charge is -1.98. The molecule has 0 radical (unpaired) electrons. The largest absolute Gasteiger partial charge is 0.336 e. The maximum absolute atomic E-state index is 5.92. The Morgan fingerprint density at radius 2 is 2.33 bits per heavy atom. The first-order valence-electron chi connectivity index (χ1n) is 3.45. The van der Waals surface area contributed by atoms with Crippen LogP contribution < -0.4 is 0 Å². The van der Waals surface area contributed by atoms with Crippen molar-refractivity contribution in [2.45, 2.75) is 0 Å². The number of hydrogen-bond acceptors (Lipinski definition) is 1. The predicted molar refractivity (Wildman–Crippen MR) is 58.4 cm³/mol. The molecule has 0 N–H and O–H groups in total. The molecule has 12 heavy (non-hydrogen) atoms. The Labute approximate surface area is 88.7 Å². The van der Waals surface area contributed by atoms with Crippen molar-refractivity contribution in [3.63, 3.8) is 0 Å². The summed E-state index contributed by atoms with van der Waals surface area (Å²) >= 11 is 8.15. The van der Waals surface area contributed by atoms with E-state index in [1.165, 1.54) is 0 Å². The Hall–Kier alpha value is -0.290. The molecule has 62 valence electrons. The van der Waals surface area contributed by atoms with Crippen molar-refractivity contribution in [2.24, 2.45) is 7.05 Å². The van der Waals surface area contributed by atoms with Crippen LogP contribution in [0, 0.1) is 3.57 Å². The van der Waals surface area contributed by atoms with E-state index in [0.29, 0.717) is 5.02 Å². The highest BCUT2D eigenvalue weighted by molar-refractivity contribution is 14.1. The number of hydrogen-bond donors (Lipinski definition) is 0. The molecule has 0 amide bonds. The third-order valence-electron chi connectivity index (χ3n) is 1.79. The van der Waals surface area contributed by atoms with Crippen molar-refractivity contribution in [3.8, 4) is 0 Å². The summed E-state index contributed by atoms with van der Waals surface area (Å²) in [5.41, 5.74) is 0.976. The van der Waals surface area contributed by atoms with Crippen molar-refractivity contribution in [2.75, 3.05) is 0 Å². The number of aryl methyl sites for hydroxylation is 1. The minimum Gasteiger partial charge on any atom is -0.336 e. The lowest BCUT2D eigenvalue weighted by Crippen LogP contribution is -1.88. The number of fused-ring (bicyclic) bond motifs is 1. The van der Waals surface area contributed by atoms with Crippen molar-refractivity contribution < 1.29 is 0 Å². The first-order chi connectivity index (χ1) is 5.70. The summed E-state index contributed by atoms with van der Waals surface area (Å²) in [4.78, 5) is 4.23. The van der Waals surface area contributed by atoms with E-state index >= 15 is 0 Å². The molecule has 0 aliphatic rings.